The van der Waals surface area contributed by atoms with E-state index in [0.717, 1.165) is 5.56 Å². The number of benzene rings is 4. The minimum absolute atomic E-state index is 0. The second-order valence-electron chi connectivity index (χ2n) is 6.89. The van der Waals surface area contributed by atoms with Crippen LogP contribution < -0.4 is 15.9 Å². The van der Waals surface area contributed by atoms with Gasteiger partial charge in [-0.05, 0) is 55.5 Å². The summed E-state index contributed by atoms with van der Waals surface area (Å²) in [7, 11) is -4.48. The van der Waals surface area contributed by atoms with Crippen molar-refractivity contribution in [2.75, 3.05) is 0 Å². The molecule has 2 nitrogen and oxygen atoms in total. The van der Waals surface area contributed by atoms with Crippen LogP contribution in [0.2, 0.25) is 0 Å². The Morgan fingerprint density at radius 1 is 0.625 bits per heavy atom. The Morgan fingerprint density at radius 2 is 0.969 bits per heavy atom. The molecule has 0 aromatic heterocycles. The van der Waals surface area contributed by atoms with Gasteiger partial charge in [0.1, 0.15) is 15.9 Å². The molecule has 4 rings (SSSR count). The molecule has 0 saturated heterocycles. The van der Waals surface area contributed by atoms with Crippen molar-refractivity contribution in [2.24, 2.45) is 0 Å². The number of sulfone groups is 1. The molecule has 0 aliphatic heterocycles. The topological polar surface area (TPSA) is 34.1 Å². The van der Waals surface area contributed by atoms with Crippen molar-refractivity contribution >= 4 is 33.7 Å². The summed E-state index contributed by atoms with van der Waals surface area (Å²) in [5.41, 5.74) is 0.985. The van der Waals surface area contributed by atoms with E-state index in [4.69, 9.17) is 6.42 Å². The van der Waals surface area contributed by atoms with Gasteiger partial charge in [-0.2, -0.15) is 0 Å². The summed E-state index contributed by atoms with van der Waals surface area (Å²) in [6, 6.07) is 38.8. The zero-order chi connectivity index (χ0) is 22.1. The monoisotopic (exact) mass is 639 g/mol. The summed E-state index contributed by atoms with van der Waals surface area (Å²) in [5, 5.41) is 5.80. The van der Waals surface area contributed by atoms with Crippen LogP contribution in [0, 0.1) is 18.6 Å². The summed E-state index contributed by atoms with van der Waals surface area (Å²) >= 11 is 0. The van der Waals surface area contributed by atoms with Crippen molar-refractivity contribution < 1.29 is 30.8 Å². The van der Waals surface area contributed by atoms with Crippen LogP contribution in [0.1, 0.15) is 5.56 Å². The number of rotatable bonds is 4. The summed E-state index contributed by atoms with van der Waals surface area (Å²) in [5.74, 6) is 0. The molecule has 164 valence electrons. The van der Waals surface area contributed by atoms with Crippen LogP contribution in [0.15, 0.2) is 120 Å². The van der Waals surface area contributed by atoms with Crippen LogP contribution in [0.5, 0.6) is 0 Å². The van der Waals surface area contributed by atoms with Gasteiger partial charge >= 0.3 is 22.4 Å². The Labute approximate surface area is 207 Å². The van der Waals surface area contributed by atoms with Crippen molar-refractivity contribution in [1.29, 1.82) is 0 Å². The molecule has 4 aromatic rings. The predicted molar refractivity (Wildman–Crippen MR) is 132 cm³/mol. The third-order valence-corrected chi connectivity index (χ3v) is 8.55. The van der Waals surface area contributed by atoms with Gasteiger partial charge in [-0.1, -0.05) is 72.3 Å². The summed E-state index contributed by atoms with van der Waals surface area (Å²) in [4.78, 5) is 0.114. The Balaban J connectivity index is 0.000000244. The third-order valence-electron chi connectivity index (χ3n) is 4.65. The van der Waals surface area contributed by atoms with Crippen LogP contribution in [-0.4, -0.2) is 8.42 Å². The summed E-state index contributed by atoms with van der Waals surface area (Å²) in [6.45, 7) is 1.87. The van der Waals surface area contributed by atoms with E-state index in [1.807, 2.05) is 6.92 Å². The van der Waals surface area contributed by atoms with Crippen molar-refractivity contribution in [3.8, 4) is 5.25 Å². The zero-order valence-corrected chi connectivity index (χ0v) is 21.5. The van der Waals surface area contributed by atoms with Crippen molar-refractivity contribution in [1.82, 2.24) is 0 Å². The van der Waals surface area contributed by atoms with E-state index >= 15 is 0 Å². The van der Waals surface area contributed by atoms with Crippen LogP contribution in [0.3, 0.4) is 0 Å². The first-order chi connectivity index (χ1) is 15.0. The molecule has 0 aliphatic rings. The molecule has 4 aromatic carbocycles. The molecular formula is C27H23AuO2PS+. The first-order valence-electron chi connectivity index (χ1n) is 9.79. The molecule has 0 spiro atoms. The standard InChI is InChI=1S/C18H15P.C9H7O2S.Au/c1-4-10-16(11-5-1)19(17-12-6-2-7-13-17)18-14-8-3-9-15-18;1-3-12(10,11)9-6-4-8(2)5-7-9;/h1-15H;4-7H,2H3;/q;-1;+1/p+1. The Hall–Kier alpha value is -2.44. The van der Waals surface area contributed by atoms with Crippen LogP contribution in [0.25, 0.3) is 0 Å². The number of aryl methyl sites for hydroxylation is 1. The molecule has 0 saturated carbocycles. The van der Waals surface area contributed by atoms with Gasteiger partial charge in [0, 0.05) is 0 Å². The van der Waals surface area contributed by atoms with Crippen LogP contribution in [-0.2, 0) is 32.2 Å². The molecule has 32 heavy (non-hydrogen) atoms. The molecule has 5 heteroatoms. The molecule has 0 unspecified atom stereocenters. The van der Waals surface area contributed by atoms with E-state index in [-0.39, 0.29) is 27.3 Å². The van der Waals surface area contributed by atoms with E-state index in [2.05, 4.69) is 91.0 Å². The quantitative estimate of drug-likeness (QED) is 0.143. The second kappa shape index (κ2) is 12.6. The molecule has 0 N–H and O–H groups in total. The molecule has 0 heterocycles. The molecule has 0 aliphatic carbocycles. The third kappa shape index (κ3) is 7.04. The van der Waals surface area contributed by atoms with Gasteiger partial charge in [-0.25, -0.2) is 13.7 Å². The van der Waals surface area contributed by atoms with Gasteiger partial charge in [-0.3, -0.25) is 0 Å². The van der Waals surface area contributed by atoms with Gasteiger partial charge in [0.05, 0.1) is 12.8 Å². The molecule has 0 amide bonds. The fourth-order valence-electron chi connectivity index (χ4n) is 3.09. The smallest absolute Gasteiger partial charge is 0.676 e. The van der Waals surface area contributed by atoms with Crippen LogP contribution >= 0.6 is 7.92 Å². The minimum atomic E-state index is -3.60. The second-order valence-corrected chi connectivity index (χ2v) is 11.1. The Kier molecular flexibility index (Phi) is 10.1. The largest absolute Gasteiger partial charge is 1.00 e. The van der Waals surface area contributed by atoms with Crippen LogP contribution in [0.4, 0.5) is 0 Å². The fraction of sp³-hybridized carbons (Fsp3) is 0.0370. The first kappa shape index (κ1) is 25.8. The fourth-order valence-corrected chi connectivity index (χ4v) is 6.28. The van der Waals surface area contributed by atoms with Gasteiger partial charge in [0.2, 0.25) is 9.84 Å². The predicted octanol–water partition coefficient (Wildman–Crippen LogP) is 4.49. The first-order valence-corrected chi connectivity index (χ1v) is 12.8. The molecule has 0 radical (unpaired) electrons. The number of hydrogen-bond acceptors (Lipinski definition) is 2. The maximum atomic E-state index is 11.0. The zero-order valence-electron chi connectivity index (χ0n) is 17.5. The minimum Gasteiger partial charge on any atom is -0.676 e. The number of hydrogen-bond donors (Lipinski definition) is 0. The van der Waals surface area contributed by atoms with Crippen molar-refractivity contribution in [3.63, 3.8) is 0 Å². The summed E-state index contributed by atoms with van der Waals surface area (Å²) in [6.07, 6.45) is 6.56. The average Bonchev–Trinajstić information content (AvgIpc) is 2.82. The molecule has 0 bridgehead atoms. The van der Waals surface area contributed by atoms with Gasteiger partial charge in [0.25, 0.3) is 0 Å². The molecule has 0 atom stereocenters. The Bertz CT molecular complexity index is 1140. The molecule has 0 fully saturated rings. The van der Waals surface area contributed by atoms with E-state index in [1.165, 1.54) is 33.3 Å². The summed E-state index contributed by atoms with van der Waals surface area (Å²) < 4.78 is 22.0. The van der Waals surface area contributed by atoms with E-state index in [1.54, 1.807) is 12.1 Å². The van der Waals surface area contributed by atoms with Gasteiger partial charge < -0.3 is 6.42 Å². The van der Waals surface area contributed by atoms with E-state index in [0.29, 0.717) is 0 Å². The van der Waals surface area contributed by atoms with E-state index < -0.39 is 17.8 Å². The maximum absolute atomic E-state index is 11.0. The van der Waals surface area contributed by atoms with Gasteiger partial charge in [0.15, 0.2) is 0 Å². The van der Waals surface area contributed by atoms with Crippen molar-refractivity contribution in [2.45, 2.75) is 11.8 Å². The van der Waals surface area contributed by atoms with Crippen molar-refractivity contribution in [3.05, 3.63) is 127 Å². The van der Waals surface area contributed by atoms with Gasteiger partial charge in [-0.15, -0.1) is 0 Å². The SMILES string of the molecule is [Au+].[C-]#CS(=O)(=O)c1ccc(C)cc1.c1ccc([PH+](c2ccccc2)c2ccccc2)cc1. The Morgan fingerprint density at radius 3 is 1.28 bits per heavy atom. The maximum Gasteiger partial charge on any atom is 1.00 e. The van der Waals surface area contributed by atoms with E-state index in [9.17, 15) is 8.42 Å². The molecular weight excluding hydrogens is 616 g/mol. The average molecular weight is 639 g/mol. The normalized spacial score (nSPS) is 10.3.